The van der Waals surface area contributed by atoms with Gasteiger partial charge in [0.1, 0.15) is 6.20 Å². The van der Waals surface area contributed by atoms with Gasteiger partial charge in [-0.2, -0.15) is 4.48 Å². The Bertz CT molecular complexity index is 833. The first kappa shape index (κ1) is 50.1. The molecule has 0 aromatic heterocycles. The summed E-state index contributed by atoms with van der Waals surface area (Å²) in [6, 6.07) is 0. The van der Waals surface area contributed by atoms with Crippen molar-refractivity contribution in [3.05, 3.63) is 12.4 Å². The predicted molar refractivity (Wildman–Crippen MR) is 238 cm³/mol. The molecule has 1 heterocycles. The molecule has 0 aliphatic carbocycles. The molecule has 3 nitrogen and oxygen atoms in total. The van der Waals surface area contributed by atoms with Gasteiger partial charge in [0.15, 0.2) is 0 Å². The number of amidine groups is 1. The average molecular weight is 742 g/mol. The van der Waals surface area contributed by atoms with E-state index in [9.17, 15) is 4.79 Å². The van der Waals surface area contributed by atoms with Crippen molar-refractivity contribution in [2.45, 2.75) is 290 Å². The topological polar surface area (TPSA) is 29.4 Å². The van der Waals surface area contributed by atoms with E-state index in [4.69, 9.17) is 4.99 Å². The fraction of sp³-hybridized carbons (Fsp3) is 0.920. The summed E-state index contributed by atoms with van der Waals surface area (Å²) in [5.41, 5.74) is 0. The minimum absolute atomic E-state index is 0.420. The van der Waals surface area contributed by atoms with Crippen LogP contribution in [0.25, 0.3) is 0 Å². The lowest BCUT2D eigenvalue weighted by Crippen LogP contribution is -2.52. The quantitative estimate of drug-likeness (QED) is 0.0452. The Hall–Kier alpha value is -0.960. The van der Waals surface area contributed by atoms with Crippen molar-refractivity contribution in [1.82, 2.24) is 0 Å². The summed E-state index contributed by atoms with van der Waals surface area (Å²) in [5.74, 6) is 1.58. The van der Waals surface area contributed by atoms with Crippen molar-refractivity contribution in [3.63, 3.8) is 0 Å². The summed E-state index contributed by atoms with van der Waals surface area (Å²) in [5, 5.41) is 0. The number of hydrogen-bond donors (Lipinski definition) is 0. The Morgan fingerprint density at radius 2 is 0.679 bits per heavy atom. The molecule has 0 saturated carbocycles. The normalized spacial score (nSPS) is 15.5. The molecule has 3 heteroatoms. The van der Waals surface area contributed by atoms with Crippen LogP contribution in [0.15, 0.2) is 17.4 Å². The van der Waals surface area contributed by atoms with Gasteiger partial charge in [-0.1, -0.05) is 252 Å². The second-order valence-corrected chi connectivity index (χ2v) is 17.4. The van der Waals surface area contributed by atoms with Gasteiger partial charge >= 0.3 is 5.91 Å². The third-order valence-electron chi connectivity index (χ3n) is 12.3. The van der Waals surface area contributed by atoms with Crippen molar-refractivity contribution in [3.8, 4) is 0 Å². The highest BCUT2D eigenvalue weighted by molar-refractivity contribution is 5.90. The van der Waals surface area contributed by atoms with Crippen LogP contribution in [-0.2, 0) is 4.79 Å². The summed E-state index contributed by atoms with van der Waals surface area (Å²) >= 11 is 0. The van der Waals surface area contributed by atoms with Crippen LogP contribution in [0.5, 0.6) is 0 Å². The van der Waals surface area contributed by atoms with Crippen molar-refractivity contribution in [1.29, 1.82) is 0 Å². The Balaban J connectivity index is 2.35. The number of carbonyl (C=O) groups excluding carboxylic acids is 1. The lowest BCUT2D eigenvalue weighted by molar-refractivity contribution is -0.708. The monoisotopic (exact) mass is 742 g/mol. The molecule has 1 aliphatic rings. The highest BCUT2D eigenvalue weighted by atomic mass is 16.2. The number of unbranched alkanes of at least 4 members (excludes halogenated alkanes) is 37. The molecule has 0 spiro atoms. The minimum Gasteiger partial charge on any atom is -0.230 e. The van der Waals surface area contributed by atoms with Crippen molar-refractivity contribution >= 4 is 11.7 Å². The first-order chi connectivity index (χ1) is 26.2. The van der Waals surface area contributed by atoms with Crippen molar-refractivity contribution in [2.24, 2.45) is 4.99 Å². The van der Waals surface area contributed by atoms with Gasteiger partial charge in [-0.25, -0.2) is 9.79 Å². The van der Waals surface area contributed by atoms with E-state index in [1.54, 1.807) is 0 Å². The van der Waals surface area contributed by atoms with Crippen LogP contribution in [-0.4, -0.2) is 22.8 Å². The van der Waals surface area contributed by atoms with Crippen LogP contribution in [0.2, 0.25) is 0 Å². The van der Waals surface area contributed by atoms with Crippen LogP contribution in [0.1, 0.15) is 290 Å². The predicted octanol–water partition coefficient (Wildman–Crippen LogP) is 17.7. The maximum Gasteiger partial charge on any atom is 0.324 e. The number of nitrogens with zero attached hydrogens (tertiary/aromatic N) is 2. The Kier molecular flexibility index (Phi) is 37.1. The Labute approximate surface area is 334 Å². The van der Waals surface area contributed by atoms with E-state index >= 15 is 0 Å². The standard InChI is InChI=1S/C50H97N2O/c1-4-7-10-13-16-19-22-24-26-27-30-32-35-38-41-44-49-51-46-48-52(49,50(53)45-42-39-36-33-29-21-18-15-12-9-6-3)47-43-40-37-34-31-28-25-23-20-17-14-11-8-5-2/h46,48H,4-45,47H2,1-3H3/q+1. The largest absolute Gasteiger partial charge is 0.324 e. The molecule has 0 radical (unpaired) electrons. The highest BCUT2D eigenvalue weighted by Gasteiger charge is 2.41. The second kappa shape index (κ2) is 39.3. The fourth-order valence-corrected chi connectivity index (χ4v) is 8.59. The average Bonchev–Trinajstić information content (AvgIpc) is 3.58. The van der Waals surface area contributed by atoms with Gasteiger partial charge in [0.2, 0.25) is 5.84 Å². The molecule has 0 fully saturated rings. The lowest BCUT2D eigenvalue weighted by Gasteiger charge is -2.30. The second-order valence-electron chi connectivity index (χ2n) is 17.4. The maximum atomic E-state index is 14.0. The van der Waals surface area contributed by atoms with Crippen molar-refractivity contribution < 1.29 is 9.28 Å². The molecule has 53 heavy (non-hydrogen) atoms. The van der Waals surface area contributed by atoms with Gasteiger partial charge in [0, 0.05) is 6.42 Å². The van der Waals surface area contributed by atoms with Crippen LogP contribution in [0.4, 0.5) is 0 Å². The minimum atomic E-state index is 0.420. The van der Waals surface area contributed by atoms with Crippen LogP contribution in [0, 0.1) is 0 Å². The van der Waals surface area contributed by atoms with E-state index in [2.05, 4.69) is 27.0 Å². The van der Waals surface area contributed by atoms with Gasteiger partial charge in [-0.3, -0.25) is 0 Å². The molecule has 0 saturated heterocycles. The zero-order chi connectivity index (χ0) is 38.2. The lowest BCUT2D eigenvalue weighted by atomic mass is 10.0. The molecule has 1 atom stereocenters. The van der Waals surface area contributed by atoms with E-state index in [1.807, 2.05) is 6.20 Å². The molecule has 1 unspecified atom stereocenters. The molecule has 0 aromatic rings. The molecule has 1 rings (SSSR count). The summed E-state index contributed by atoms with van der Waals surface area (Å²) in [6.07, 6.45) is 60.6. The van der Waals surface area contributed by atoms with Gasteiger partial charge in [-0.05, 0) is 25.7 Å². The van der Waals surface area contributed by atoms with E-state index in [-0.39, 0.29) is 0 Å². The number of hydrogen-bond acceptors (Lipinski definition) is 2. The summed E-state index contributed by atoms with van der Waals surface area (Å²) in [4.78, 5) is 18.9. The van der Waals surface area contributed by atoms with Gasteiger partial charge in [0.05, 0.1) is 19.2 Å². The first-order valence-electron chi connectivity index (χ1n) is 24.9. The molecule has 1 aliphatic heterocycles. The van der Waals surface area contributed by atoms with Gasteiger partial charge in [0.25, 0.3) is 0 Å². The van der Waals surface area contributed by atoms with Crippen LogP contribution >= 0.6 is 0 Å². The molecule has 0 aromatic carbocycles. The van der Waals surface area contributed by atoms with Crippen LogP contribution in [0.3, 0.4) is 0 Å². The van der Waals surface area contributed by atoms with E-state index in [1.165, 1.54) is 244 Å². The number of aliphatic imine (C=N–C) groups is 1. The van der Waals surface area contributed by atoms with E-state index in [0.29, 0.717) is 10.4 Å². The summed E-state index contributed by atoms with van der Waals surface area (Å²) < 4.78 is 0.453. The maximum absolute atomic E-state index is 14.0. The molecular weight excluding hydrogens is 645 g/mol. The zero-order valence-corrected chi connectivity index (χ0v) is 36.9. The van der Waals surface area contributed by atoms with E-state index in [0.717, 1.165) is 38.1 Å². The van der Waals surface area contributed by atoms with Gasteiger partial charge < -0.3 is 0 Å². The number of carbonyl (C=O) groups is 1. The molecule has 312 valence electrons. The molecule has 1 amide bonds. The third kappa shape index (κ3) is 29.0. The number of quaternary nitrogens is 1. The highest BCUT2D eigenvalue weighted by Crippen LogP contribution is 2.27. The Morgan fingerprint density at radius 3 is 1.02 bits per heavy atom. The van der Waals surface area contributed by atoms with Crippen LogP contribution < -0.4 is 0 Å². The first-order valence-corrected chi connectivity index (χ1v) is 24.9. The fourth-order valence-electron chi connectivity index (χ4n) is 8.59. The van der Waals surface area contributed by atoms with Crippen molar-refractivity contribution in [2.75, 3.05) is 6.54 Å². The Morgan fingerprint density at radius 1 is 0.396 bits per heavy atom. The summed E-state index contributed by atoms with van der Waals surface area (Å²) in [7, 11) is 0. The molecule has 0 N–H and O–H groups in total. The smallest absolute Gasteiger partial charge is 0.230 e. The number of amides is 1. The third-order valence-corrected chi connectivity index (χ3v) is 12.3. The zero-order valence-electron chi connectivity index (χ0n) is 36.9. The van der Waals surface area contributed by atoms with Gasteiger partial charge in [-0.15, -0.1) is 0 Å². The SMILES string of the molecule is CCCCCCCCCCCCCCCCCC1=NC=C[N+]1(CCCCCCCCCCCCCCCC)C(=O)CCCCCCCCCCCCC. The number of rotatable bonds is 43. The van der Waals surface area contributed by atoms with E-state index < -0.39 is 0 Å². The summed E-state index contributed by atoms with van der Waals surface area (Å²) in [6.45, 7) is 7.83. The molecular formula is C50H97N2O+. The molecule has 0 bridgehead atoms.